The summed E-state index contributed by atoms with van der Waals surface area (Å²) in [4.78, 5) is 0. The third-order valence-corrected chi connectivity index (χ3v) is 2.50. The lowest BCUT2D eigenvalue weighted by molar-refractivity contribution is 0.0440. The normalized spacial score (nSPS) is 36.1. The minimum absolute atomic E-state index is 0.0608. The summed E-state index contributed by atoms with van der Waals surface area (Å²) in [6.07, 6.45) is 13.1. The van der Waals surface area contributed by atoms with Crippen molar-refractivity contribution in [3.8, 4) is 0 Å². The first-order chi connectivity index (χ1) is 5.37. The molecule has 0 aliphatic heterocycles. The minimum atomic E-state index is -0.0608. The van der Waals surface area contributed by atoms with Gasteiger partial charge in [0.2, 0.25) is 0 Å². The molecule has 0 amide bonds. The summed E-state index contributed by atoms with van der Waals surface area (Å²) in [6, 6.07) is 0. The molecule has 1 saturated carbocycles. The van der Waals surface area contributed by atoms with Gasteiger partial charge in [0.25, 0.3) is 0 Å². The van der Waals surface area contributed by atoms with Gasteiger partial charge in [-0.3, -0.25) is 0 Å². The van der Waals surface area contributed by atoms with Gasteiger partial charge in [-0.15, -0.1) is 0 Å². The van der Waals surface area contributed by atoms with Crippen molar-refractivity contribution in [2.75, 3.05) is 7.11 Å². The molecule has 59 valence electrons. The van der Waals surface area contributed by atoms with Crippen molar-refractivity contribution in [1.82, 2.24) is 0 Å². The van der Waals surface area contributed by atoms with Crippen molar-refractivity contribution in [2.24, 2.45) is 5.92 Å². The quantitative estimate of drug-likeness (QED) is 0.584. The summed E-state index contributed by atoms with van der Waals surface area (Å²) in [5.41, 5.74) is -0.0608. The van der Waals surface area contributed by atoms with Gasteiger partial charge in [-0.05, 0) is 18.8 Å². The van der Waals surface area contributed by atoms with Crippen LogP contribution < -0.4 is 0 Å². The van der Waals surface area contributed by atoms with E-state index in [0.29, 0.717) is 0 Å². The molecule has 1 nitrogen and oxygen atoms in total. The molecule has 1 radical (unpaired) electrons. The molecular formula is C10H13O. The van der Waals surface area contributed by atoms with Crippen LogP contribution in [0.3, 0.4) is 0 Å². The van der Waals surface area contributed by atoms with Crippen LogP contribution in [0.2, 0.25) is 0 Å². The van der Waals surface area contributed by atoms with Crippen LogP contribution in [0.15, 0.2) is 24.3 Å². The second-order valence-corrected chi connectivity index (χ2v) is 3.24. The Kier molecular flexibility index (Phi) is 1.61. The highest BCUT2D eigenvalue weighted by atomic mass is 16.5. The van der Waals surface area contributed by atoms with Gasteiger partial charge < -0.3 is 4.74 Å². The lowest BCUT2D eigenvalue weighted by atomic mass is 9.90. The fourth-order valence-electron chi connectivity index (χ4n) is 1.64. The standard InChI is InChI=1S/C10H13O/c1-11-10(9-5-6-9)7-3-2-4-8-10/h2-4,7-9H,5-6H2,1H3. The van der Waals surface area contributed by atoms with Crippen LogP contribution in [0.25, 0.3) is 0 Å². The average Bonchev–Trinajstić information content (AvgIpc) is 2.88. The van der Waals surface area contributed by atoms with Gasteiger partial charge >= 0.3 is 0 Å². The van der Waals surface area contributed by atoms with Crippen LogP contribution in [-0.4, -0.2) is 12.7 Å². The van der Waals surface area contributed by atoms with Crippen molar-refractivity contribution in [2.45, 2.75) is 18.4 Å². The Balaban J connectivity index is 2.15. The molecule has 1 heteroatoms. The maximum Gasteiger partial charge on any atom is 0.0958 e. The van der Waals surface area contributed by atoms with Crippen molar-refractivity contribution in [1.29, 1.82) is 0 Å². The second-order valence-electron chi connectivity index (χ2n) is 3.24. The van der Waals surface area contributed by atoms with Gasteiger partial charge in [-0.25, -0.2) is 0 Å². The molecule has 1 fully saturated rings. The molecule has 1 unspecified atom stereocenters. The predicted molar refractivity (Wildman–Crippen MR) is 45.0 cm³/mol. The first-order valence-corrected chi connectivity index (χ1v) is 4.13. The van der Waals surface area contributed by atoms with E-state index in [1.807, 2.05) is 6.08 Å². The van der Waals surface area contributed by atoms with Crippen molar-refractivity contribution < 1.29 is 4.74 Å². The fraction of sp³-hybridized carbons (Fsp3) is 0.500. The van der Waals surface area contributed by atoms with E-state index in [9.17, 15) is 0 Å². The van der Waals surface area contributed by atoms with E-state index in [-0.39, 0.29) is 5.60 Å². The number of hydrogen-bond donors (Lipinski definition) is 0. The van der Waals surface area contributed by atoms with Gasteiger partial charge in [0.1, 0.15) is 0 Å². The van der Waals surface area contributed by atoms with Gasteiger partial charge in [-0.1, -0.05) is 24.3 Å². The zero-order chi connectivity index (χ0) is 7.73. The number of methoxy groups -OCH3 is 1. The number of rotatable bonds is 2. The van der Waals surface area contributed by atoms with Crippen molar-refractivity contribution in [3.05, 3.63) is 30.7 Å². The monoisotopic (exact) mass is 149 g/mol. The molecule has 0 aromatic rings. The van der Waals surface area contributed by atoms with Crippen LogP contribution in [0.4, 0.5) is 0 Å². The van der Waals surface area contributed by atoms with E-state index in [2.05, 4.69) is 24.6 Å². The van der Waals surface area contributed by atoms with Crippen LogP contribution in [-0.2, 0) is 4.74 Å². The van der Waals surface area contributed by atoms with E-state index in [0.717, 1.165) is 5.92 Å². The molecule has 0 heterocycles. The van der Waals surface area contributed by atoms with Gasteiger partial charge in [-0.2, -0.15) is 0 Å². The Morgan fingerprint density at radius 2 is 2.09 bits per heavy atom. The first kappa shape index (κ1) is 7.11. The summed E-state index contributed by atoms with van der Waals surface area (Å²) >= 11 is 0. The molecule has 0 saturated heterocycles. The molecule has 2 aliphatic carbocycles. The van der Waals surface area contributed by atoms with Crippen molar-refractivity contribution in [3.63, 3.8) is 0 Å². The Bertz CT molecular complexity index is 201. The highest BCUT2D eigenvalue weighted by Gasteiger charge is 2.43. The fourth-order valence-corrected chi connectivity index (χ4v) is 1.64. The van der Waals surface area contributed by atoms with Gasteiger partial charge in [0, 0.05) is 13.5 Å². The summed E-state index contributed by atoms with van der Waals surface area (Å²) in [5, 5.41) is 0. The lowest BCUT2D eigenvalue weighted by Crippen LogP contribution is -2.32. The van der Waals surface area contributed by atoms with Crippen LogP contribution in [0.5, 0.6) is 0 Å². The summed E-state index contributed by atoms with van der Waals surface area (Å²) in [7, 11) is 1.79. The summed E-state index contributed by atoms with van der Waals surface area (Å²) in [6.45, 7) is 0. The van der Waals surface area contributed by atoms with E-state index in [4.69, 9.17) is 4.74 Å². The number of allylic oxidation sites excluding steroid dienone is 2. The summed E-state index contributed by atoms with van der Waals surface area (Å²) < 4.78 is 5.51. The second kappa shape index (κ2) is 2.49. The molecule has 2 rings (SSSR count). The van der Waals surface area contributed by atoms with Crippen LogP contribution in [0.1, 0.15) is 12.8 Å². The topological polar surface area (TPSA) is 9.23 Å². The zero-order valence-electron chi connectivity index (χ0n) is 6.79. The zero-order valence-corrected chi connectivity index (χ0v) is 6.79. The number of ether oxygens (including phenoxy) is 1. The minimum Gasteiger partial charge on any atom is -0.373 e. The third kappa shape index (κ3) is 1.14. The molecule has 1 atom stereocenters. The average molecular weight is 149 g/mol. The van der Waals surface area contributed by atoms with Crippen LogP contribution in [0, 0.1) is 12.3 Å². The van der Waals surface area contributed by atoms with E-state index in [1.54, 1.807) is 7.11 Å². The molecule has 0 N–H and O–H groups in total. The Hall–Kier alpha value is -0.560. The Morgan fingerprint density at radius 3 is 2.55 bits per heavy atom. The predicted octanol–water partition coefficient (Wildman–Crippen LogP) is 2.11. The lowest BCUT2D eigenvalue weighted by Gasteiger charge is -2.29. The van der Waals surface area contributed by atoms with E-state index >= 15 is 0 Å². The van der Waals surface area contributed by atoms with E-state index < -0.39 is 0 Å². The van der Waals surface area contributed by atoms with E-state index in [1.165, 1.54) is 12.8 Å². The molecule has 2 aliphatic rings. The molecule has 0 bridgehead atoms. The Morgan fingerprint density at radius 1 is 1.27 bits per heavy atom. The SMILES string of the molecule is COC1(C2CC2)[CH]C=CC=C1. The van der Waals surface area contributed by atoms with Gasteiger partial charge in [0.15, 0.2) is 0 Å². The highest BCUT2D eigenvalue weighted by molar-refractivity contribution is 5.30. The third-order valence-electron chi connectivity index (χ3n) is 2.50. The molecule has 0 aromatic carbocycles. The molecular weight excluding hydrogens is 136 g/mol. The molecule has 11 heavy (non-hydrogen) atoms. The largest absolute Gasteiger partial charge is 0.373 e. The molecule has 0 spiro atoms. The van der Waals surface area contributed by atoms with Crippen molar-refractivity contribution >= 4 is 0 Å². The maximum atomic E-state index is 5.51. The van der Waals surface area contributed by atoms with Crippen LogP contribution >= 0.6 is 0 Å². The number of hydrogen-bond acceptors (Lipinski definition) is 1. The van der Waals surface area contributed by atoms with Gasteiger partial charge in [0.05, 0.1) is 5.60 Å². The summed E-state index contributed by atoms with van der Waals surface area (Å²) in [5.74, 6) is 0.730. The maximum absolute atomic E-state index is 5.51. The highest BCUT2D eigenvalue weighted by Crippen LogP contribution is 2.45. The first-order valence-electron chi connectivity index (χ1n) is 4.13. The Labute approximate surface area is 67.7 Å². The smallest absolute Gasteiger partial charge is 0.0958 e. The molecule has 0 aromatic heterocycles.